The lowest BCUT2D eigenvalue weighted by molar-refractivity contribution is -0.121. The number of carbonyl (C=O) groups is 1. The van der Waals surface area contributed by atoms with Gasteiger partial charge in [-0.15, -0.1) is 0 Å². The Morgan fingerprint density at radius 1 is 1.37 bits per heavy atom. The van der Waals surface area contributed by atoms with Crippen molar-refractivity contribution in [2.75, 3.05) is 0 Å². The van der Waals surface area contributed by atoms with Gasteiger partial charge in [-0.1, -0.05) is 0 Å². The number of nitrogens with one attached hydrogen (secondary N) is 1. The van der Waals surface area contributed by atoms with Crippen LogP contribution in [0.15, 0.2) is 36.9 Å². The van der Waals surface area contributed by atoms with Crippen molar-refractivity contribution in [2.45, 2.75) is 31.8 Å². The van der Waals surface area contributed by atoms with E-state index >= 15 is 0 Å². The van der Waals surface area contributed by atoms with E-state index in [4.69, 9.17) is 0 Å². The highest BCUT2D eigenvalue weighted by Gasteiger charge is 2.23. The van der Waals surface area contributed by atoms with Crippen LogP contribution in [0, 0.1) is 11.6 Å². The maximum Gasteiger partial charge on any atom is 0.226 e. The molecular weight excluding hydrogens is 352 g/mol. The number of imidazole rings is 2. The first-order chi connectivity index (χ1) is 13.0. The van der Waals surface area contributed by atoms with E-state index in [2.05, 4.69) is 15.3 Å². The van der Waals surface area contributed by atoms with Crippen molar-refractivity contribution in [2.24, 2.45) is 7.05 Å². The highest BCUT2D eigenvalue weighted by molar-refractivity contribution is 5.78. The SMILES string of the molecule is Cn1cncc1CC(=O)NC1CCc2nc(-c3ccc(F)cc3F)cn2C1. The van der Waals surface area contributed by atoms with Crippen molar-refractivity contribution in [3.05, 3.63) is 60.1 Å². The van der Waals surface area contributed by atoms with Gasteiger partial charge in [0.1, 0.15) is 17.5 Å². The summed E-state index contributed by atoms with van der Waals surface area (Å²) in [4.78, 5) is 20.8. The molecule has 0 aliphatic carbocycles. The smallest absolute Gasteiger partial charge is 0.226 e. The van der Waals surface area contributed by atoms with Gasteiger partial charge in [0.15, 0.2) is 0 Å². The minimum absolute atomic E-state index is 0.0154. The zero-order chi connectivity index (χ0) is 19.0. The van der Waals surface area contributed by atoms with Gasteiger partial charge >= 0.3 is 0 Å². The van der Waals surface area contributed by atoms with Crippen molar-refractivity contribution in [1.82, 2.24) is 24.4 Å². The topological polar surface area (TPSA) is 64.7 Å². The molecule has 1 amide bonds. The Morgan fingerprint density at radius 2 is 2.22 bits per heavy atom. The number of rotatable bonds is 4. The summed E-state index contributed by atoms with van der Waals surface area (Å²) in [7, 11) is 1.85. The third-order valence-electron chi connectivity index (χ3n) is 4.82. The normalized spacial score (nSPS) is 16.2. The van der Waals surface area contributed by atoms with Gasteiger partial charge in [-0.3, -0.25) is 4.79 Å². The van der Waals surface area contributed by atoms with Gasteiger partial charge in [-0.2, -0.15) is 0 Å². The fourth-order valence-corrected chi connectivity index (χ4v) is 3.39. The van der Waals surface area contributed by atoms with Crippen LogP contribution < -0.4 is 5.32 Å². The second-order valence-electron chi connectivity index (χ2n) is 6.79. The number of hydrogen-bond donors (Lipinski definition) is 1. The highest BCUT2D eigenvalue weighted by atomic mass is 19.1. The quantitative estimate of drug-likeness (QED) is 0.765. The van der Waals surface area contributed by atoms with E-state index < -0.39 is 11.6 Å². The summed E-state index contributed by atoms with van der Waals surface area (Å²) in [5, 5.41) is 3.04. The second-order valence-corrected chi connectivity index (χ2v) is 6.79. The minimum Gasteiger partial charge on any atom is -0.351 e. The molecule has 3 aromatic rings. The van der Waals surface area contributed by atoms with Gasteiger partial charge < -0.3 is 14.5 Å². The first-order valence-corrected chi connectivity index (χ1v) is 8.75. The van der Waals surface area contributed by atoms with E-state index in [0.717, 1.165) is 24.0 Å². The number of aryl methyl sites for hydroxylation is 2. The molecule has 8 heteroatoms. The molecule has 0 spiro atoms. The summed E-state index contributed by atoms with van der Waals surface area (Å²) in [6.45, 7) is 0.572. The maximum atomic E-state index is 14.0. The molecule has 140 valence electrons. The van der Waals surface area contributed by atoms with Gasteiger partial charge in [0, 0.05) is 55.8 Å². The number of hydrogen-bond acceptors (Lipinski definition) is 3. The van der Waals surface area contributed by atoms with Crippen LogP contribution >= 0.6 is 0 Å². The number of fused-ring (bicyclic) bond motifs is 1. The molecule has 4 rings (SSSR count). The van der Waals surface area contributed by atoms with Crippen LogP contribution in [0.4, 0.5) is 8.78 Å². The lowest BCUT2D eigenvalue weighted by Crippen LogP contribution is -2.41. The molecule has 0 radical (unpaired) electrons. The van der Waals surface area contributed by atoms with Gasteiger partial charge in [0.05, 0.1) is 18.4 Å². The Morgan fingerprint density at radius 3 is 2.96 bits per heavy atom. The van der Waals surface area contributed by atoms with Crippen LogP contribution in [0.3, 0.4) is 0 Å². The molecule has 0 saturated carbocycles. The Balaban J connectivity index is 1.45. The Hall–Kier alpha value is -3.03. The average Bonchev–Trinajstić information content (AvgIpc) is 3.20. The number of benzene rings is 1. The summed E-state index contributed by atoms with van der Waals surface area (Å²) in [5.74, 6) is -0.467. The molecule has 6 nitrogen and oxygen atoms in total. The van der Waals surface area contributed by atoms with Gasteiger partial charge in [0.25, 0.3) is 0 Å². The zero-order valence-electron chi connectivity index (χ0n) is 14.8. The monoisotopic (exact) mass is 371 g/mol. The third-order valence-corrected chi connectivity index (χ3v) is 4.82. The molecule has 1 N–H and O–H groups in total. The second kappa shape index (κ2) is 6.94. The van der Waals surface area contributed by atoms with Crippen LogP contribution in [0.2, 0.25) is 0 Å². The predicted octanol–water partition coefficient (Wildman–Crippen LogP) is 2.24. The van der Waals surface area contributed by atoms with Crippen LogP contribution in [0.5, 0.6) is 0 Å². The minimum atomic E-state index is -0.633. The largest absolute Gasteiger partial charge is 0.351 e. The summed E-state index contributed by atoms with van der Waals surface area (Å²) < 4.78 is 30.9. The molecule has 3 heterocycles. The molecule has 0 bridgehead atoms. The molecule has 1 unspecified atom stereocenters. The van der Waals surface area contributed by atoms with Crippen molar-refractivity contribution in [3.63, 3.8) is 0 Å². The standard InChI is InChI=1S/C19H19F2N5O/c1-25-11-22-8-14(25)7-19(27)23-13-3-5-18-24-17(10-26(18)9-13)15-4-2-12(20)6-16(15)21/h2,4,6,8,10-11,13H,3,5,7,9H2,1H3,(H,23,27). The number of aromatic nitrogens is 4. The maximum absolute atomic E-state index is 14.0. The molecule has 27 heavy (non-hydrogen) atoms. The van der Waals surface area contributed by atoms with E-state index in [1.165, 1.54) is 12.1 Å². The fourth-order valence-electron chi connectivity index (χ4n) is 3.39. The first kappa shape index (κ1) is 17.4. The van der Waals surface area contributed by atoms with E-state index in [1.54, 1.807) is 18.7 Å². The molecule has 1 aromatic carbocycles. The summed E-state index contributed by atoms with van der Waals surface area (Å²) in [5.41, 5.74) is 1.60. The van der Waals surface area contributed by atoms with E-state index in [0.29, 0.717) is 18.7 Å². The average molecular weight is 371 g/mol. The van der Waals surface area contributed by atoms with Crippen molar-refractivity contribution in [3.8, 4) is 11.3 Å². The first-order valence-electron chi connectivity index (χ1n) is 8.75. The fraction of sp³-hybridized carbons (Fsp3) is 0.316. The number of carbonyl (C=O) groups excluding carboxylic acids is 1. The van der Waals surface area contributed by atoms with E-state index in [9.17, 15) is 13.6 Å². The zero-order valence-corrected chi connectivity index (χ0v) is 14.8. The van der Waals surface area contributed by atoms with Crippen LogP contribution in [0.25, 0.3) is 11.3 Å². The Labute approximate surface area is 154 Å². The summed E-state index contributed by atoms with van der Waals surface area (Å²) in [6.07, 6.45) is 6.81. The van der Waals surface area contributed by atoms with Crippen LogP contribution in [-0.4, -0.2) is 31.1 Å². The van der Waals surface area contributed by atoms with Crippen molar-refractivity contribution in [1.29, 1.82) is 0 Å². The number of nitrogens with zero attached hydrogens (tertiary/aromatic N) is 4. The van der Waals surface area contributed by atoms with Gasteiger partial charge in [0.2, 0.25) is 5.91 Å². The summed E-state index contributed by atoms with van der Waals surface area (Å²) >= 11 is 0. The molecule has 0 saturated heterocycles. The Bertz CT molecular complexity index is 994. The molecular formula is C19H19F2N5O. The van der Waals surface area contributed by atoms with E-state index in [1.807, 2.05) is 16.2 Å². The number of amides is 1. The molecule has 1 aliphatic rings. The van der Waals surface area contributed by atoms with E-state index in [-0.39, 0.29) is 23.9 Å². The van der Waals surface area contributed by atoms with Crippen molar-refractivity contribution < 1.29 is 13.6 Å². The molecule has 0 fully saturated rings. The molecule has 1 aliphatic heterocycles. The number of halogens is 2. The lowest BCUT2D eigenvalue weighted by Gasteiger charge is -2.24. The predicted molar refractivity (Wildman–Crippen MR) is 94.7 cm³/mol. The third kappa shape index (κ3) is 3.60. The van der Waals surface area contributed by atoms with Crippen molar-refractivity contribution >= 4 is 5.91 Å². The van der Waals surface area contributed by atoms with Crippen LogP contribution in [0.1, 0.15) is 17.9 Å². The molecule has 2 aromatic heterocycles. The van der Waals surface area contributed by atoms with Crippen LogP contribution in [-0.2, 0) is 31.2 Å². The highest BCUT2D eigenvalue weighted by Crippen LogP contribution is 2.25. The summed E-state index contributed by atoms with van der Waals surface area (Å²) in [6, 6.07) is 3.46. The van der Waals surface area contributed by atoms with Gasteiger partial charge in [-0.25, -0.2) is 18.7 Å². The molecule has 1 atom stereocenters. The Kier molecular flexibility index (Phi) is 4.47. The lowest BCUT2D eigenvalue weighted by atomic mass is 10.1. The van der Waals surface area contributed by atoms with Gasteiger partial charge in [-0.05, 0) is 18.6 Å².